The Kier molecular flexibility index (Phi) is 5.09. The first-order valence-electron chi connectivity index (χ1n) is 7.80. The van der Waals surface area contributed by atoms with Gasteiger partial charge in [-0.25, -0.2) is 17.6 Å². The van der Waals surface area contributed by atoms with Gasteiger partial charge in [0.1, 0.15) is 23.3 Å². The minimum atomic E-state index is -0.721. The summed E-state index contributed by atoms with van der Waals surface area (Å²) >= 11 is 1.28. The third kappa shape index (κ3) is 3.11. The van der Waals surface area contributed by atoms with Gasteiger partial charge in [0.05, 0.1) is 22.2 Å². The van der Waals surface area contributed by atoms with Crippen molar-refractivity contribution in [2.45, 2.75) is 12.2 Å². The predicted molar refractivity (Wildman–Crippen MR) is 95.0 cm³/mol. The summed E-state index contributed by atoms with van der Waals surface area (Å²) in [6, 6.07) is 6.92. The molecular weight excluding hydrogens is 364 g/mol. The maximum atomic E-state index is 14.4. The quantitative estimate of drug-likeness (QED) is 0.564. The first-order chi connectivity index (χ1) is 12.3. The fraction of sp³-hybridized carbons (Fsp3) is 0.211. The average molecular weight is 380 g/mol. The van der Waals surface area contributed by atoms with Crippen LogP contribution in [0.15, 0.2) is 36.4 Å². The second-order valence-electron chi connectivity index (χ2n) is 5.85. The summed E-state index contributed by atoms with van der Waals surface area (Å²) in [5.41, 5.74) is 1.18. The lowest BCUT2D eigenvalue weighted by atomic mass is 9.97. The van der Waals surface area contributed by atoms with Crippen molar-refractivity contribution in [3.8, 4) is 11.1 Å². The van der Waals surface area contributed by atoms with Crippen molar-refractivity contribution in [2.24, 2.45) is 7.05 Å². The average Bonchev–Trinajstić information content (AvgIpc) is 2.85. The molecule has 2 aromatic carbocycles. The van der Waals surface area contributed by atoms with Crippen LogP contribution in [0.4, 0.5) is 17.6 Å². The van der Waals surface area contributed by atoms with Gasteiger partial charge in [-0.05, 0) is 31.4 Å². The summed E-state index contributed by atoms with van der Waals surface area (Å²) in [5, 5.41) is 3.67. The summed E-state index contributed by atoms with van der Waals surface area (Å²) in [5.74, 6) is -2.85. The molecule has 0 aliphatic carbocycles. The minimum Gasteiger partial charge on any atom is -0.270 e. The SMILES string of the molecule is CSC(c1ccc(F)cc1F)c1c(-c2c(F)cccc2F)c(C)nn1C. The van der Waals surface area contributed by atoms with Gasteiger partial charge in [-0.1, -0.05) is 12.1 Å². The fourth-order valence-electron chi connectivity index (χ4n) is 3.12. The van der Waals surface area contributed by atoms with Gasteiger partial charge in [-0.3, -0.25) is 4.68 Å². The number of hydrogen-bond donors (Lipinski definition) is 0. The summed E-state index contributed by atoms with van der Waals surface area (Å²) in [6.45, 7) is 1.64. The molecule has 136 valence electrons. The minimum absolute atomic E-state index is 0.199. The lowest BCUT2D eigenvalue weighted by Gasteiger charge is -2.19. The van der Waals surface area contributed by atoms with Gasteiger partial charge in [0.15, 0.2) is 0 Å². The van der Waals surface area contributed by atoms with Crippen LogP contribution >= 0.6 is 11.8 Å². The summed E-state index contributed by atoms with van der Waals surface area (Å²) in [4.78, 5) is 0. The number of aryl methyl sites for hydroxylation is 2. The molecule has 0 saturated carbocycles. The van der Waals surface area contributed by atoms with E-state index in [1.54, 1.807) is 20.2 Å². The van der Waals surface area contributed by atoms with Crippen LogP contribution in [-0.2, 0) is 7.05 Å². The van der Waals surface area contributed by atoms with Crippen LogP contribution in [0.2, 0.25) is 0 Å². The van der Waals surface area contributed by atoms with Crippen molar-refractivity contribution < 1.29 is 17.6 Å². The molecular formula is C19H16F4N2S. The van der Waals surface area contributed by atoms with E-state index in [4.69, 9.17) is 0 Å². The number of nitrogens with zero attached hydrogens (tertiary/aromatic N) is 2. The highest BCUT2D eigenvalue weighted by atomic mass is 32.2. The number of hydrogen-bond acceptors (Lipinski definition) is 2. The third-order valence-corrected chi connectivity index (χ3v) is 5.16. The molecule has 0 fully saturated rings. The van der Waals surface area contributed by atoms with E-state index < -0.39 is 28.5 Å². The van der Waals surface area contributed by atoms with E-state index in [0.29, 0.717) is 11.4 Å². The van der Waals surface area contributed by atoms with Crippen LogP contribution in [0, 0.1) is 30.2 Å². The lowest BCUT2D eigenvalue weighted by molar-refractivity contribution is 0.571. The van der Waals surface area contributed by atoms with Gasteiger partial charge in [0, 0.05) is 24.2 Å². The molecule has 2 nitrogen and oxygen atoms in total. The molecule has 1 heterocycles. The molecule has 0 spiro atoms. The van der Waals surface area contributed by atoms with Gasteiger partial charge < -0.3 is 0 Å². The highest BCUT2D eigenvalue weighted by Crippen LogP contribution is 2.42. The maximum absolute atomic E-state index is 14.4. The van der Waals surface area contributed by atoms with E-state index in [2.05, 4.69) is 5.10 Å². The summed E-state index contributed by atoms with van der Waals surface area (Å²) in [7, 11) is 1.63. The van der Waals surface area contributed by atoms with E-state index in [-0.39, 0.29) is 16.7 Å². The standard InChI is InChI=1S/C19H16F4N2S/c1-10-16(17-13(21)5-4-6-14(17)22)18(25(2)24-10)19(26-3)12-8-7-11(20)9-15(12)23/h4-9,19H,1-3H3. The summed E-state index contributed by atoms with van der Waals surface area (Å²) < 4.78 is 57.9. The molecule has 3 rings (SSSR count). The molecule has 1 unspecified atom stereocenters. The number of benzene rings is 2. The Morgan fingerprint density at radius 3 is 2.19 bits per heavy atom. The van der Waals surface area contributed by atoms with Crippen molar-refractivity contribution in [2.75, 3.05) is 6.26 Å². The molecule has 7 heteroatoms. The molecule has 26 heavy (non-hydrogen) atoms. The predicted octanol–water partition coefficient (Wildman–Crippen LogP) is 5.40. The number of rotatable bonds is 4. The van der Waals surface area contributed by atoms with Gasteiger partial charge in [0.25, 0.3) is 0 Å². The van der Waals surface area contributed by atoms with Gasteiger partial charge in [0.2, 0.25) is 0 Å². The van der Waals surface area contributed by atoms with E-state index in [9.17, 15) is 17.6 Å². The van der Waals surface area contributed by atoms with Crippen LogP contribution in [0.5, 0.6) is 0 Å². The fourth-order valence-corrected chi connectivity index (χ4v) is 4.06. The highest BCUT2D eigenvalue weighted by molar-refractivity contribution is 7.99. The highest BCUT2D eigenvalue weighted by Gasteiger charge is 2.29. The Bertz CT molecular complexity index is 948. The molecule has 0 aliphatic heterocycles. The first-order valence-corrected chi connectivity index (χ1v) is 9.09. The zero-order valence-corrected chi connectivity index (χ0v) is 15.2. The smallest absolute Gasteiger partial charge is 0.134 e. The van der Waals surface area contributed by atoms with Crippen LogP contribution in [0.3, 0.4) is 0 Å². The largest absolute Gasteiger partial charge is 0.270 e. The van der Waals surface area contributed by atoms with Crippen molar-refractivity contribution in [3.05, 3.63) is 76.6 Å². The van der Waals surface area contributed by atoms with Crippen LogP contribution in [0.25, 0.3) is 11.1 Å². The van der Waals surface area contributed by atoms with Crippen molar-refractivity contribution in [3.63, 3.8) is 0 Å². The molecule has 1 aromatic heterocycles. The monoisotopic (exact) mass is 380 g/mol. The molecule has 0 bridgehead atoms. The molecule has 0 N–H and O–H groups in total. The molecule has 0 aliphatic rings. The Hall–Kier alpha value is -2.28. The van der Waals surface area contributed by atoms with Gasteiger partial charge >= 0.3 is 0 Å². The van der Waals surface area contributed by atoms with E-state index in [1.807, 2.05) is 0 Å². The Morgan fingerprint density at radius 2 is 1.62 bits per heavy atom. The van der Waals surface area contributed by atoms with E-state index >= 15 is 0 Å². The molecule has 0 amide bonds. The van der Waals surface area contributed by atoms with Crippen molar-refractivity contribution in [1.82, 2.24) is 9.78 Å². The number of thioether (sulfide) groups is 1. The molecule has 3 aromatic rings. The Morgan fingerprint density at radius 1 is 0.962 bits per heavy atom. The zero-order valence-electron chi connectivity index (χ0n) is 14.4. The first kappa shape index (κ1) is 18.5. The van der Waals surface area contributed by atoms with Gasteiger partial charge in [-0.15, -0.1) is 0 Å². The number of aromatic nitrogens is 2. The lowest BCUT2D eigenvalue weighted by Crippen LogP contribution is -2.08. The molecule has 0 saturated heterocycles. The second-order valence-corrected chi connectivity index (χ2v) is 6.79. The van der Waals surface area contributed by atoms with Crippen LogP contribution in [-0.4, -0.2) is 16.0 Å². The van der Waals surface area contributed by atoms with Crippen molar-refractivity contribution in [1.29, 1.82) is 0 Å². The zero-order chi connectivity index (χ0) is 19.0. The van der Waals surface area contributed by atoms with E-state index in [0.717, 1.165) is 12.1 Å². The van der Waals surface area contributed by atoms with Crippen LogP contribution in [0.1, 0.15) is 22.2 Å². The van der Waals surface area contributed by atoms with Crippen LogP contribution < -0.4 is 0 Å². The number of halogens is 4. The second kappa shape index (κ2) is 7.15. The van der Waals surface area contributed by atoms with Crippen molar-refractivity contribution >= 4 is 11.8 Å². The maximum Gasteiger partial charge on any atom is 0.134 e. The topological polar surface area (TPSA) is 17.8 Å². The third-order valence-electron chi connectivity index (χ3n) is 4.21. The normalized spacial score (nSPS) is 12.4. The Balaban J connectivity index is 2.28. The summed E-state index contributed by atoms with van der Waals surface area (Å²) in [6.07, 6.45) is 1.75. The Labute approximate surface area is 152 Å². The molecule has 0 radical (unpaired) electrons. The van der Waals surface area contributed by atoms with E-state index in [1.165, 1.54) is 40.7 Å². The molecule has 1 atom stereocenters. The van der Waals surface area contributed by atoms with Gasteiger partial charge in [-0.2, -0.15) is 16.9 Å².